The average Bonchev–Trinajstić information content (AvgIpc) is 3.39. The Labute approximate surface area is 173 Å². The zero-order valence-corrected chi connectivity index (χ0v) is 16.3. The minimum Gasteiger partial charge on any atom is -0.505 e. The SMILES string of the molecule is [2H]C([2H])([2H])n1nc(-c2ccnn2C2CCCCO2)c2nc(N3CCOC[C@H]3C)cc(O)c21. The Kier molecular flexibility index (Phi) is 3.84. The Bertz CT molecular complexity index is 1120. The molecule has 29 heavy (non-hydrogen) atoms. The Balaban J connectivity index is 1.70. The molecule has 1 N–H and O–H groups in total. The normalized spacial score (nSPS) is 25.0. The van der Waals surface area contributed by atoms with Crippen LogP contribution in [0.15, 0.2) is 18.3 Å². The topological polar surface area (TPSA) is 90.5 Å². The number of morpholine rings is 1. The first-order valence-corrected chi connectivity index (χ1v) is 9.97. The van der Waals surface area contributed by atoms with Gasteiger partial charge in [0.15, 0.2) is 6.23 Å². The molecular weight excluding hydrogens is 372 g/mol. The molecule has 2 aliphatic heterocycles. The third-order valence-electron chi connectivity index (χ3n) is 5.60. The van der Waals surface area contributed by atoms with Gasteiger partial charge in [-0.15, -0.1) is 0 Å². The summed E-state index contributed by atoms with van der Waals surface area (Å²) in [4.78, 5) is 6.82. The minimum atomic E-state index is -2.59. The number of nitrogens with zero attached hydrogens (tertiary/aromatic N) is 6. The molecule has 1 unspecified atom stereocenters. The number of aromatic hydroxyl groups is 1. The lowest BCUT2D eigenvalue weighted by atomic mass is 10.1. The molecule has 0 saturated carbocycles. The molecule has 0 radical (unpaired) electrons. The maximum Gasteiger partial charge on any atom is 0.150 e. The fourth-order valence-corrected chi connectivity index (χ4v) is 4.12. The van der Waals surface area contributed by atoms with Crippen molar-refractivity contribution < 1.29 is 18.7 Å². The van der Waals surface area contributed by atoms with E-state index in [2.05, 4.69) is 10.2 Å². The van der Waals surface area contributed by atoms with Crippen LogP contribution in [0.2, 0.25) is 0 Å². The van der Waals surface area contributed by atoms with E-state index in [0.29, 0.717) is 49.1 Å². The quantitative estimate of drug-likeness (QED) is 0.721. The van der Waals surface area contributed by atoms with Gasteiger partial charge in [0.05, 0.1) is 24.9 Å². The molecule has 9 nitrogen and oxygen atoms in total. The van der Waals surface area contributed by atoms with Crippen LogP contribution < -0.4 is 4.90 Å². The van der Waals surface area contributed by atoms with E-state index in [1.54, 1.807) is 16.9 Å². The van der Waals surface area contributed by atoms with Crippen molar-refractivity contribution in [2.24, 2.45) is 6.98 Å². The van der Waals surface area contributed by atoms with Crippen molar-refractivity contribution >= 4 is 16.9 Å². The number of hydrogen-bond donors (Lipinski definition) is 1. The highest BCUT2D eigenvalue weighted by Gasteiger charge is 2.26. The van der Waals surface area contributed by atoms with E-state index in [4.69, 9.17) is 18.6 Å². The molecular formula is C20H26N6O3. The maximum atomic E-state index is 10.9. The van der Waals surface area contributed by atoms with Gasteiger partial charge >= 0.3 is 0 Å². The van der Waals surface area contributed by atoms with E-state index in [0.717, 1.165) is 23.9 Å². The van der Waals surface area contributed by atoms with E-state index in [1.165, 1.54) is 6.07 Å². The van der Waals surface area contributed by atoms with Crippen LogP contribution >= 0.6 is 0 Å². The summed E-state index contributed by atoms with van der Waals surface area (Å²) in [6, 6.07) is 3.33. The molecule has 0 amide bonds. The second-order valence-electron chi connectivity index (χ2n) is 7.56. The Morgan fingerprint density at radius 2 is 2.24 bits per heavy atom. The van der Waals surface area contributed by atoms with Crippen molar-refractivity contribution in [3.63, 3.8) is 0 Å². The number of ether oxygens (including phenoxy) is 2. The van der Waals surface area contributed by atoms with Crippen molar-refractivity contribution in [2.45, 2.75) is 38.5 Å². The maximum absolute atomic E-state index is 10.9. The highest BCUT2D eigenvalue weighted by molar-refractivity contribution is 5.94. The van der Waals surface area contributed by atoms with E-state index < -0.39 is 6.98 Å². The second kappa shape index (κ2) is 7.31. The smallest absolute Gasteiger partial charge is 0.150 e. The lowest BCUT2D eigenvalue weighted by Crippen LogP contribution is -2.44. The van der Waals surface area contributed by atoms with Crippen molar-refractivity contribution in [2.75, 3.05) is 31.3 Å². The van der Waals surface area contributed by atoms with Crippen LogP contribution in [-0.4, -0.2) is 62.1 Å². The molecule has 2 fully saturated rings. The third kappa shape index (κ3) is 3.14. The van der Waals surface area contributed by atoms with Gasteiger partial charge in [-0.05, 0) is 32.3 Å². The third-order valence-corrected chi connectivity index (χ3v) is 5.60. The standard InChI is InChI=1S/C20H26N6O3/c1-13-12-28-10-8-25(13)16-11-15(27)20-19(22-16)18(23-24(20)2)14-6-7-21-26(14)17-5-3-4-9-29-17/h6-7,11,13,17H,3-5,8-10,12H2,1-2H3,(H,22,27)/t13-,17?/m1/s1/i2D3. The largest absolute Gasteiger partial charge is 0.505 e. The van der Waals surface area contributed by atoms with Gasteiger partial charge in [-0.25, -0.2) is 9.67 Å². The van der Waals surface area contributed by atoms with Crippen LogP contribution in [-0.2, 0) is 16.4 Å². The van der Waals surface area contributed by atoms with Gasteiger partial charge in [0.2, 0.25) is 0 Å². The number of anilines is 1. The molecule has 0 aromatic carbocycles. The Hall–Kier alpha value is -2.65. The zero-order chi connectivity index (χ0) is 22.5. The predicted molar refractivity (Wildman–Crippen MR) is 108 cm³/mol. The zero-order valence-electron chi connectivity index (χ0n) is 19.3. The van der Waals surface area contributed by atoms with Crippen molar-refractivity contribution in [3.8, 4) is 17.1 Å². The van der Waals surface area contributed by atoms with E-state index >= 15 is 0 Å². The first kappa shape index (κ1) is 15.2. The Morgan fingerprint density at radius 3 is 3.03 bits per heavy atom. The summed E-state index contributed by atoms with van der Waals surface area (Å²) >= 11 is 0. The van der Waals surface area contributed by atoms with Crippen molar-refractivity contribution in [1.82, 2.24) is 24.5 Å². The summed E-state index contributed by atoms with van der Waals surface area (Å²) in [6.07, 6.45) is 4.22. The average molecular weight is 401 g/mol. The monoisotopic (exact) mass is 401 g/mol. The van der Waals surface area contributed by atoms with Crippen LogP contribution in [0.3, 0.4) is 0 Å². The molecule has 3 aromatic heterocycles. The van der Waals surface area contributed by atoms with Gasteiger partial charge in [-0.2, -0.15) is 10.2 Å². The number of rotatable bonds is 3. The predicted octanol–water partition coefficient (Wildman–Crippen LogP) is 2.46. The fourth-order valence-electron chi connectivity index (χ4n) is 4.12. The number of fused-ring (bicyclic) bond motifs is 1. The van der Waals surface area contributed by atoms with E-state index in [1.807, 2.05) is 11.8 Å². The van der Waals surface area contributed by atoms with E-state index in [-0.39, 0.29) is 23.5 Å². The number of aryl methyl sites for hydroxylation is 1. The minimum absolute atomic E-state index is 0.0652. The highest BCUT2D eigenvalue weighted by atomic mass is 16.5. The van der Waals surface area contributed by atoms with Crippen LogP contribution in [0.4, 0.5) is 5.82 Å². The van der Waals surface area contributed by atoms with Gasteiger partial charge in [0, 0.05) is 36.5 Å². The van der Waals surface area contributed by atoms with E-state index in [9.17, 15) is 5.11 Å². The molecule has 154 valence electrons. The van der Waals surface area contributed by atoms with Crippen LogP contribution in [0.1, 0.15) is 36.5 Å². The van der Waals surface area contributed by atoms with Gasteiger partial charge in [0.25, 0.3) is 0 Å². The lowest BCUT2D eigenvalue weighted by Gasteiger charge is -2.34. The van der Waals surface area contributed by atoms with Gasteiger partial charge < -0.3 is 19.5 Å². The molecule has 0 bridgehead atoms. The summed E-state index contributed by atoms with van der Waals surface area (Å²) in [5.74, 6) is 0.371. The molecule has 2 saturated heterocycles. The van der Waals surface area contributed by atoms with Crippen LogP contribution in [0, 0.1) is 0 Å². The van der Waals surface area contributed by atoms with Crippen LogP contribution in [0.25, 0.3) is 22.4 Å². The first-order chi connectivity index (χ1) is 15.3. The molecule has 5 rings (SSSR count). The molecule has 0 spiro atoms. The van der Waals surface area contributed by atoms with Crippen molar-refractivity contribution in [1.29, 1.82) is 0 Å². The van der Waals surface area contributed by atoms with Gasteiger partial charge in [-0.1, -0.05) is 0 Å². The van der Waals surface area contributed by atoms with Crippen LogP contribution in [0.5, 0.6) is 5.75 Å². The molecule has 0 aliphatic carbocycles. The summed E-state index contributed by atoms with van der Waals surface area (Å²) in [7, 11) is 0. The summed E-state index contributed by atoms with van der Waals surface area (Å²) in [5.41, 5.74) is 1.33. The molecule has 3 aromatic rings. The van der Waals surface area contributed by atoms with Gasteiger partial charge in [-0.3, -0.25) is 4.68 Å². The first-order valence-electron chi connectivity index (χ1n) is 11.5. The molecule has 2 aliphatic rings. The molecule has 2 atom stereocenters. The highest BCUT2D eigenvalue weighted by Crippen LogP contribution is 2.36. The fraction of sp³-hybridized carbons (Fsp3) is 0.550. The van der Waals surface area contributed by atoms with Crippen molar-refractivity contribution in [3.05, 3.63) is 18.3 Å². The second-order valence-corrected chi connectivity index (χ2v) is 7.56. The number of hydrogen-bond acceptors (Lipinski definition) is 7. The summed E-state index contributed by atoms with van der Waals surface area (Å²) in [6.45, 7) is 1.80. The Morgan fingerprint density at radius 1 is 1.31 bits per heavy atom. The number of pyridine rings is 1. The molecule has 9 heteroatoms. The summed E-state index contributed by atoms with van der Waals surface area (Å²) in [5, 5.41) is 19.7. The number of aromatic nitrogens is 5. The lowest BCUT2D eigenvalue weighted by molar-refractivity contribution is -0.0384. The summed E-state index contributed by atoms with van der Waals surface area (Å²) < 4.78 is 37.8. The molecule has 5 heterocycles. The van der Waals surface area contributed by atoms with Gasteiger partial charge in [0.1, 0.15) is 28.3 Å².